The molecule has 1 saturated carbocycles. The third-order valence-electron chi connectivity index (χ3n) is 3.57. The van der Waals surface area contributed by atoms with Crippen LogP contribution in [0.15, 0.2) is 18.2 Å². The fourth-order valence-corrected chi connectivity index (χ4v) is 3.39. The fourth-order valence-electron chi connectivity index (χ4n) is 2.51. The van der Waals surface area contributed by atoms with Crippen molar-refractivity contribution in [3.05, 3.63) is 32.9 Å². The van der Waals surface area contributed by atoms with Gasteiger partial charge >= 0.3 is 5.97 Å². The summed E-state index contributed by atoms with van der Waals surface area (Å²) in [5, 5.41) is 11.9. The van der Waals surface area contributed by atoms with Crippen LogP contribution >= 0.6 is 22.6 Å². The number of amides is 1. The Bertz CT molecular complexity index is 495. The standard InChI is InChI=1S/C14H16INO3/c1-8-3-2-4-11(15)12(8)13(17)16-10-6-5-9(7-10)14(18)19/h2-4,9-10H,5-7H2,1H3,(H,16,17)(H,18,19)/t9-,10+/m1/s1. The molecule has 2 N–H and O–H groups in total. The number of carbonyl (C=O) groups excluding carboxylic acids is 1. The van der Waals surface area contributed by atoms with Crippen LogP contribution in [0.3, 0.4) is 0 Å². The Morgan fingerprint density at radius 1 is 1.37 bits per heavy atom. The molecule has 102 valence electrons. The Hall–Kier alpha value is -1.11. The Labute approximate surface area is 125 Å². The number of benzene rings is 1. The van der Waals surface area contributed by atoms with Crippen molar-refractivity contribution in [3.8, 4) is 0 Å². The van der Waals surface area contributed by atoms with Gasteiger partial charge in [-0.25, -0.2) is 0 Å². The maximum Gasteiger partial charge on any atom is 0.306 e. The molecule has 1 amide bonds. The molecule has 1 aliphatic carbocycles. The van der Waals surface area contributed by atoms with E-state index in [4.69, 9.17) is 5.11 Å². The lowest BCUT2D eigenvalue weighted by Crippen LogP contribution is -2.34. The zero-order valence-corrected chi connectivity index (χ0v) is 12.8. The zero-order chi connectivity index (χ0) is 14.0. The van der Waals surface area contributed by atoms with Gasteiger partial charge in [0.15, 0.2) is 0 Å². The molecule has 1 aromatic rings. The number of hydrogen-bond donors (Lipinski definition) is 2. The first-order chi connectivity index (χ1) is 8.99. The SMILES string of the molecule is Cc1cccc(I)c1C(=O)N[C@H]1CC[C@@H](C(=O)O)C1. The van der Waals surface area contributed by atoms with Crippen molar-refractivity contribution < 1.29 is 14.7 Å². The molecule has 5 heteroatoms. The van der Waals surface area contributed by atoms with Gasteiger partial charge in [-0.05, 0) is 60.4 Å². The second-order valence-corrected chi connectivity index (χ2v) is 6.11. The highest BCUT2D eigenvalue weighted by Gasteiger charge is 2.31. The normalized spacial score (nSPS) is 22.2. The van der Waals surface area contributed by atoms with Gasteiger partial charge in [-0.1, -0.05) is 12.1 Å². The number of carboxylic acids is 1. The molecule has 0 spiro atoms. The van der Waals surface area contributed by atoms with Crippen molar-refractivity contribution in [2.24, 2.45) is 5.92 Å². The van der Waals surface area contributed by atoms with Gasteiger partial charge < -0.3 is 10.4 Å². The molecular weight excluding hydrogens is 357 g/mol. The van der Waals surface area contributed by atoms with Crippen LogP contribution in [0.25, 0.3) is 0 Å². The van der Waals surface area contributed by atoms with Crippen molar-refractivity contribution in [1.29, 1.82) is 0 Å². The lowest BCUT2D eigenvalue weighted by atomic mass is 10.1. The predicted molar refractivity (Wildman–Crippen MR) is 80.1 cm³/mol. The van der Waals surface area contributed by atoms with E-state index in [1.807, 2.05) is 25.1 Å². The van der Waals surface area contributed by atoms with Gasteiger partial charge in [0.25, 0.3) is 5.91 Å². The summed E-state index contributed by atoms with van der Waals surface area (Å²) in [4.78, 5) is 23.2. The van der Waals surface area contributed by atoms with Gasteiger partial charge in [-0.2, -0.15) is 0 Å². The number of halogens is 1. The molecule has 19 heavy (non-hydrogen) atoms. The van der Waals surface area contributed by atoms with E-state index >= 15 is 0 Å². The molecule has 0 radical (unpaired) electrons. The van der Waals surface area contributed by atoms with Crippen molar-refractivity contribution >= 4 is 34.5 Å². The highest BCUT2D eigenvalue weighted by atomic mass is 127. The van der Waals surface area contributed by atoms with Crippen LogP contribution in [0.4, 0.5) is 0 Å². The molecule has 0 bridgehead atoms. The molecule has 1 aliphatic rings. The van der Waals surface area contributed by atoms with Crippen LogP contribution in [0, 0.1) is 16.4 Å². The average molecular weight is 373 g/mol. The zero-order valence-electron chi connectivity index (χ0n) is 10.6. The summed E-state index contributed by atoms with van der Waals surface area (Å²) < 4.78 is 0.919. The molecule has 4 nitrogen and oxygen atoms in total. The molecule has 1 aromatic carbocycles. The van der Waals surface area contributed by atoms with Crippen molar-refractivity contribution in [2.75, 3.05) is 0 Å². The maximum atomic E-state index is 12.3. The number of nitrogens with one attached hydrogen (secondary N) is 1. The predicted octanol–water partition coefficient (Wildman–Crippen LogP) is 2.58. The summed E-state index contributed by atoms with van der Waals surface area (Å²) in [6, 6.07) is 5.70. The smallest absolute Gasteiger partial charge is 0.306 e. The number of hydrogen-bond acceptors (Lipinski definition) is 2. The number of rotatable bonds is 3. The molecule has 1 fully saturated rings. The minimum Gasteiger partial charge on any atom is -0.481 e. The first kappa shape index (κ1) is 14.3. The van der Waals surface area contributed by atoms with Gasteiger partial charge in [0.05, 0.1) is 11.5 Å². The Balaban J connectivity index is 2.05. The number of carbonyl (C=O) groups is 2. The van der Waals surface area contributed by atoms with Crippen LogP contribution < -0.4 is 5.32 Å². The summed E-state index contributed by atoms with van der Waals surface area (Å²) in [5.74, 6) is -1.18. The Morgan fingerprint density at radius 2 is 2.11 bits per heavy atom. The van der Waals surface area contributed by atoms with E-state index in [2.05, 4.69) is 27.9 Å². The first-order valence-corrected chi connectivity index (χ1v) is 7.35. The summed E-state index contributed by atoms with van der Waals surface area (Å²) in [6.07, 6.45) is 1.92. The Morgan fingerprint density at radius 3 is 2.68 bits per heavy atom. The van der Waals surface area contributed by atoms with E-state index in [0.29, 0.717) is 18.4 Å². The molecule has 2 rings (SSSR count). The lowest BCUT2D eigenvalue weighted by molar-refractivity contribution is -0.141. The second-order valence-electron chi connectivity index (χ2n) is 4.95. The quantitative estimate of drug-likeness (QED) is 0.801. The van der Waals surface area contributed by atoms with Gasteiger partial charge in [-0.3, -0.25) is 9.59 Å². The molecule has 0 aromatic heterocycles. The van der Waals surface area contributed by atoms with Crippen LogP contribution in [0.5, 0.6) is 0 Å². The van der Waals surface area contributed by atoms with E-state index in [0.717, 1.165) is 15.6 Å². The van der Waals surface area contributed by atoms with Crippen LogP contribution in [-0.4, -0.2) is 23.0 Å². The topological polar surface area (TPSA) is 66.4 Å². The second kappa shape index (κ2) is 5.90. The third-order valence-corrected chi connectivity index (χ3v) is 4.47. The summed E-state index contributed by atoms with van der Waals surface area (Å²) >= 11 is 2.15. The maximum absolute atomic E-state index is 12.3. The van der Waals surface area contributed by atoms with Crippen LogP contribution in [0.2, 0.25) is 0 Å². The largest absolute Gasteiger partial charge is 0.481 e. The van der Waals surface area contributed by atoms with Crippen molar-refractivity contribution in [2.45, 2.75) is 32.2 Å². The van der Waals surface area contributed by atoms with Gasteiger partial charge in [-0.15, -0.1) is 0 Å². The molecule has 0 aliphatic heterocycles. The summed E-state index contributed by atoms with van der Waals surface area (Å²) in [7, 11) is 0. The monoisotopic (exact) mass is 373 g/mol. The van der Waals surface area contributed by atoms with E-state index in [1.165, 1.54) is 0 Å². The van der Waals surface area contributed by atoms with Crippen molar-refractivity contribution in [3.63, 3.8) is 0 Å². The number of aryl methyl sites for hydroxylation is 1. The molecular formula is C14H16INO3. The van der Waals surface area contributed by atoms with Crippen LogP contribution in [0.1, 0.15) is 35.2 Å². The molecule has 0 saturated heterocycles. The fraction of sp³-hybridized carbons (Fsp3) is 0.429. The summed E-state index contributed by atoms with van der Waals surface area (Å²) in [5.41, 5.74) is 1.64. The number of carboxylic acid groups (broad SMARTS) is 1. The first-order valence-electron chi connectivity index (χ1n) is 6.28. The van der Waals surface area contributed by atoms with Gasteiger partial charge in [0.2, 0.25) is 0 Å². The van der Waals surface area contributed by atoms with Gasteiger partial charge in [0, 0.05) is 9.61 Å². The highest BCUT2D eigenvalue weighted by Crippen LogP contribution is 2.26. The molecule has 0 heterocycles. The van der Waals surface area contributed by atoms with E-state index in [1.54, 1.807) is 0 Å². The minimum atomic E-state index is -0.762. The third kappa shape index (κ3) is 3.26. The highest BCUT2D eigenvalue weighted by molar-refractivity contribution is 14.1. The Kier molecular flexibility index (Phi) is 4.44. The molecule has 2 atom stereocenters. The van der Waals surface area contributed by atoms with Gasteiger partial charge in [0.1, 0.15) is 0 Å². The minimum absolute atomic E-state index is 0.0241. The molecule has 0 unspecified atom stereocenters. The van der Waals surface area contributed by atoms with E-state index in [-0.39, 0.29) is 17.9 Å². The van der Waals surface area contributed by atoms with Crippen molar-refractivity contribution in [1.82, 2.24) is 5.32 Å². The lowest BCUT2D eigenvalue weighted by Gasteiger charge is -2.14. The van der Waals surface area contributed by atoms with E-state index in [9.17, 15) is 9.59 Å². The van der Waals surface area contributed by atoms with Crippen LogP contribution in [-0.2, 0) is 4.79 Å². The number of aliphatic carboxylic acids is 1. The van der Waals surface area contributed by atoms with E-state index < -0.39 is 5.97 Å². The summed E-state index contributed by atoms with van der Waals surface area (Å²) in [6.45, 7) is 1.91. The average Bonchev–Trinajstić information content (AvgIpc) is 2.77.